The molecule has 0 unspecified atom stereocenters. The van der Waals surface area contributed by atoms with E-state index < -0.39 is 5.54 Å². The first-order valence-electron chi connectivity index (χ1n) is 5.39. The minimum Gasteiger partial charge on any atom is -0.340 e. The van der Waals surface area contributed by atoms with Crippen molar-refractivity contribution in [3.8, 4) is 12.3 Å². The predicted molar refractivity (Wildman–Crippen MR) is 63.4 cm³/mol. The highest BCUT2D eigenvalue weighted by molar-refractivity contribution is 5.77. The molecular weight excluding hydrogens is 188 g/mol. The van der Waals surface area contributed by atoms with Gasteiger partial charge in [-0.3, -0.25) is 4.79 Å². The Kier molecular flexibility index (Phi) is 6.03. The largest absolute Gasteiger partial charge is 0.340 e. The summed E-state index contributed by atoms with van der Waals surface area (Å²) in [7, 11) is 0. The Morgan fingerprint density at radius 1 is 1.47 bits per heavy atom. The number of nitrogens with one attached hydrogen (secondary N) is 2. The van der Waals surface area contributed by atoms with E-state index in [-0.39, 0.29) is 5.91 Å². The van der Waals surface area contributed by atoms with Crippen LogP contribution in [0.25, 0.3) is 0 Å². The van der Waals surface area contributed by atoms with Gasteiger partial charge in [-0.05, 0) is 26.8 Å². The SMILES string of the molecule is C#CC(C)(C)NC(=O)CCCNC(C)C. The minimum absolute atomic E-state index is 0.0171. The average molecular weight is 210 g/mol. The molecule has 0 aromatic carbocycles. The van der Waals surface area contributed by atoms with E-state index >= 15 is 0 Å². The normalized spacial score (nSPS) is 11.2. The zero-order valence-electron chi connectivity index (χ0n) is 10.2. The highest BCUT2D eigenvalue weighted by Gasteiger charge is 2.15. The molecule has 0 aliphatic carbocycles. The summed E-state index contributed by atoms with van der Waals surface area (Å²) in [6, 6.07) is 0.468. The molecular formula is C12H22N2O. The summed E-state index contributed by atoms with van der Waals surface area (Å²) >= 11 is 0. The summed E-state index contributed by atoms with van der Waals surface area (Å²) in [5.74, 6) is 2.55. The molecule has 0 aliphatic heterocycles. The Morgan fingerprint density at radius 2 is 2.07 bits per heavy atom. The van der Waals surface area contributed by atoms with E-state index in [1.807, 2.05) is 13.8 Å². The molecule has 0 fully saturated rings. The number of carbonyl (C=O) groups excluding carboxylic acids is 1. The Bertz CT molecular complexity index is 238. The molecule has 0 saturated heterocycles. The standard InChI is InChI=1S/C12H22N2O/c1-6-12(4,5)14-11(15)8-7-9-13-10(2)3/h1,10,13H,7-9H2,2-5H3,(H,14,15). The third kappa shape index (κ3) is 8.02. The van der Waals surface area contributed by atoms with Gasteiger partial charge in [0.25, 0.3) is 0 Å². The molecule has 0 aliphatic rings. The van der Waals surface area contributed by atoms with Gasteiger partial charge in [0.1, 0.15) is 0 Å². The van der Waals surface area contributed by atoms with Crippen LogP contribution in [0.5, 0.6) is 0 Å². The summed E-state index contributed by atoms with van der Waals surface area (Å²) in [4.78, 5) is 11.4. The molecule has 2 N–H and O–H groups in total. The second kappa shape index (κ2) is 6.47. The summed E-state index contributed by atoms with van der Waals surface area (Å²) in [5.41, 5.74) is -0.539. The van der Waals surface area contributed by atoms with Gasteiger partial charge < -0.3 is 10.6 Å². The van der Waals surface area contributed by atoms with Crippen molar-refractivity contribution in [2.45, 2.75) is 52.1 Å². The first kappa shape index (κ1) is 14.0. The number of rotatable bonds is 6. The van der Waals surface area contributed by atoms with Gasteiger partial charge in [-0.1, -0.05) is 19.8 Å². The first-order valence-corrected chi connectivity index (χ1v) is 5.39. The van der Waals surface area contributed by atoms with Crippen LogP contribution in [0.15, 0.2) is 0 Å². The van der Waals surface area contributed by atoms with Gasteiger partial charge in [-0.25, -0.2) is 0 Å². The molecule has 0 atom stereocenters. The molecule has 86 valence electrons. The number of carbonyl (C=O) groups is 1. The van der Waals surface area contributed by atoms with E-state index in [2.05, 4.69) is 30.4 Å². The molecule has 0 radical (unpaired) electrons. The monoisotopic (exact) mass is 210 g/mol. The maximum absolute atomic E-state index is 11.4. The van der Waals surface area contributed by atoms with Crippen LogP contribution in [-0.2, 0) is 4.79 Å². The zero-order valence-corrected chi connectivity index (χ0v) is 10.2. The Labute approximate surface area is 93.0 Å². The van der Waals surface area contributed by atoms with Crippen LogP contribution in [0.4, 0.5) is 0 Å². The van der Waals surface area contributed by atoms with Crippen LogP contribution in [-0.4, -0.2) is 24.0 Å². The molecule has 0 heterocycles. The van der Waals surface area contributed by atoms with Crippen molar-refractivity contribution in [1.29, 1.82) is 0 Å². The summed E-state index contributed by atoms with van der Waals surface area (Å²) in [5, 5.41) is 6.05. The molecule has 0 saturated carbocycles. The molecule has 1 amide bonds. The molecule has 0 rings (SSSR count). The molecule has 3 nitrogen and oxygen atoms in total. The van der Waals surface area contributed by atoms with Crippen molar-refractivity contribution < 1.29 is 4.79 Å². The smallest absolute Gasteiger partial charge is 0.221 e. The van der Waals surface area contributed by atoms with Crippen molar-refractivity contribution in [3.05, 3.63) is 0 Å². The van der Waals surface area contributed by atoms with Crippen LogP contribution in [0.3, 0.4) is 0 Å². The zero-order chi connectivity index (χ0) is 11.9. The molecule has 15 heavy (non-hydrogen) atoms. The fourth-order valence-corrected chi connectivity index (χ4v) is 1.09. The molecule has 0 aromatic heterocycles. The topological polar surface area (TPSA) is 41.1 Å². The van der Waals surface area contributed by atoms with E-state index in [9.17, 15) is 4.79 Å². The number of hydrogen-bond acceptors (Lipinski definition) is 2. The minimum atomic E-state index is -0.539. The van der Waals surface area contributed by atoms with E-state index in [0.717, 1.165) is 13.0 Å². The lowest BCUT2D eigenvalue weighted by Gasteiger charge is -2.19. The van der Waals surface area contributed by atoms with Crippen LogP contribution in [0, 0.1) is 12.3 Å². The highest BCUT2D eigenvalue weighted by Crippen LogP contribution is 2.00. The van der Waals surface area contributed by atoms with Gasteiger partial charge in [0.15, 0.2) is 0 Å². The highest BCUT2D eigenvalue weighted by atomic mass is 16.1. The molecule has 0 bridgehead atoms. The lowest BCUT2D eigenvalue weighted by Crippen LogP contribution is -2.42. The van der Waals surface area contributed by atoms with Gasteiger partial charge in [-0.2, -0.15) is 0 Å². The van der Waals surface area contributed by atoms with Gasteiger partial charge in [0, 0.05) is 12.5 Å². The summed E-state index contributed by atoms with van der Waals surface area (Å²) < 4.78 is 0. The van der Waals surface area contributed by atoms with Gasteiger partial charge in [0.05, 0.1) is 5.54 Å². The fourth-order valence-electron chi connectivity index (χ4n) is 1.09. The molecule has 3 heteroatoms. The lowest BCUT2D eigenvalue weighted by molar-refractivity contribution is -0.122. The molecule has 0 aromatic rings. The Morgan fingerprint density at radius 3 is 2.53 bits per heavy atom. The van der Waals surface area contributed by atoms with Crippen molar-refractivity contribution >= 4 is 5.91 Å². The van der Waals surface area contributed by atoms with E-state index in [1.165, 1.54) is 0 Å². The van der Waals surface area contributed by atoms with E-state index in [1.54, 1.807) is 0 Å². The van der Waals surface area contributed by atoms with Gasteiger partial charge >= 0.3 is 0 Å². The second-order valence-corrected chi connectivity index (χ2v) is 4.53. The fraction of sp³-hybridized carbons (Fsp3) is 0.750. The third-order valence-corrected chi connectivity index (χ3v) is 1.95. The van der Waals surface area contributed by atoms with Crippen molar-refractivity contribution in [1.82, 2.24) is 10.6 Å². The number of terminal acetylenes is 1. The maximum Gasteiger partial charge on any atom is 0.221 e. The van der Waals surface area contributed by atoms with E-state index in [0.29, 0.717) is 12.5 Å². The Hall–Kier alpha value is -1.01. The average Bonchev–Trinajstić information content (AvgIpc) is 2.11. The van der Waals surface area contributed by atoms with Crippen LogP contribution in [0.2, 0.25) is 0 Å². The van der Waals surface area contributed by atoms with Crippen LogP contribution < -0.4 is 10.6 Å². The second-order valence-electron chi connectivity index (χ2n) is 4.53. The van der Waals surface area contributed by atoms with Crippen molar-refractivity contribution in [2.75, 3.05) is 6.54 Å². The van der Waals surface area contributed by atoms with Crippen LogP contribution >= 0.6 is 0 Å². The quantitative estimate of drug-likeness (QED) is 0.512. The van der Waals surface area contributed by atoms with Crippen LogP contribution in [0.1, 0.15) is 40.5 Å². The molecule has 0 spiro atoms. The summed E-state index contributed by atoms with van der Waals surface area (Å²) in [6.07, 6.45) is 6.63. The third-order valence-electron chi connectivity index (χ3n) is 1.95. The van der Waals surface area contributed by atoms with E-state index in [4.69, 9.17) is 6.42 Å². The maximum atomic E-state index is 11.4. The van der Waals surface area contributed by atoms with Crippen molar-refractivity contribution in [2.24, 2.45) is 0 Å². The van der Waals surface area contributed by atoms with Gasteiger partial charge in [0.2, 0.25) is 5.91 Å². The van der Waals surface area contributed by atoms with Gasteiger partial charge in [-0.15, -0.1) is 6.42 Å². The van der Waals surface area contributed by atoms with Crippen molar-refractivity contribution in [3.63, 3.8) is 0 Å². The Balaban J connectivity index is 3.64. The lowest BCUT2D eigenvalue weighted by atomic mass is 10.1. The number of hydrogen-bond donors (Lipinski definition) is 2. The first-order chi connectivity index (χ1) is 6.87. The number of amides is 1. The summed E-state index contributed by atoms with van der Waals surface area (Å²) in [6.45, 7) is 8.67. The predicted octanol–water partition coefficient (Wildman–Crippen LogP) is 1.29.